The minimum atomic E-state index is 0.343. The fraction of sp³-hybridized carbons (Fsp3) is 0.333. The van der Waals surface area contributed by atoms with Gasteiger partial charge in [0, 0.05) is 54.0 Å². The number of nitrogens with two attached hydrogens (primary N) is 1. The Morgan fingerprint density at radius 2 is 1.94 bits per heavy atom. The van der Waals surface area contributed by atoms with Crippen LogP contribution in [0.5, 0.6) is 0 Å². The molecule has 1 aliphatic carbocycles. The van der Waals surface area contributed by atoms with E-state index in [-0.39, 0.29) is 0 Å². The molecule has 2 aliphatic rings. The Hall–Kier alpha value is -3.07. The zero-order valence-electron chi connectivity index (χ0n) is 18.5. The van der Waals surface area contributed by atoms with Gasteiger partial charge >= 0.3 is 0 Å². The molecule has 33 heavy (non-hydrogen) atoms. The molecule has 4 aromatic heterocycles. The number of hydrogen-bond acceptors (Lipinski definition) is 7. The van der Waals surface area contributed by atoms with Crippen molar-refractivity contribution in [3.8, 4) is 0 Å². The lowest BCUT2D eigenvalue weighted by atomic mass is 9.76. The second-order valence-corrected chi connectivity index (χ2v) is 10.2. The fourth-order valence-electron chi connectivity index (χ4n) is 5.19. The molecule has 0 amide bonds. The number of nitrogens with zero attached hydrogens (tertiary/aromatic N) is 6. The Balaban J connectivity index is 1.25. The molecule has 2 N–H and O–H groups in total. The molecule has 4 aromatic rings. The van der Waals surface area contributed by atoms with Crippen LogP contribution in [0.3, 0.4) is 0 Å². The highest BCUT2D eigenvalue weighted by molar-refractivity contribution is 7.99. The van der Waals surface area contributed by atoms with Crippen molar-refractivity contribution in [2.24, 2.45) is 5.41 Å². The molecule has 0 bridgehead atoms. The van der Waals surface area contributed by atoms with Crippen LogP contribution in [0.4, 0.5) is 11.8 Å². The SMILES string of the molecule is [B]c1cc(Sc2cnc(N3CCC4(CC3)Cc3cccnc3C4)n3ccnc23)c(C)c(N)n1. The van der Waals surface area contributed by atoms with Gasteiger partial charge in [-0.1, -0.05) is 17.8 Å². The van der Waals surface area contributed by atoms with Gasteiger partial charge in [0.2, 0.25) is 5.95 Å². The lowest BCUT2D eigenvalue weighted by Crippen LogP contribution is -2.41. The highest BCUT2D eigenvalue weighted by Gasteiger charge is 2.41. The number of imidazole rings is 1. The van der Waals surface area contributed by atoms with Crippen molar-refractivity contribution < 1.29 is 0 Å². The summed E-state index contributed by atoms with van der Waals surface area (Å²) in [4.78, 5) is 22.6. The molecule has 7 nitrogen and oxygen atoms in total. The molecule has 9 heteroatoms. The van der Waals surface area contributed by atoms with Gasteiger partial charge in [-0.2, -0.15) is 0 Å². The first-order chi connectivity index (χ1) is 16.0. The highest BCUT2D eigenvalue weighted by Crippen LogP contribution is 2.44. The standard InChI is InChI=1S/C24H24BN7S/c1-15-18(11-20(25)30-21(15)26)33-19-14-29-23(32-10-7-28-22(19)32)31-8-4-24(5-9-31)12-16-3-2-6-27-17(16)13-24/h2-3,6-7,10-11,14H,4-5,8-9,12-13H2,1H3,(H2,26,30). The summed E-state index contributed by atoms with van der Waals surface area (Å²) in [7, 11) is 5.92. The van der Waals surface area contributed by atoms with E-state index >= 15 is 0 Å². The van der Waals surface area contributed by atoms with Gasteiger partial charge in [-0.25, -0.2) is 15.0 Å². The largest absolute Gasteiger partial charge is 0.383 e. The second kappa shape index (κ2) is 7.76. The molecule has 0 aromatic carbocycles. The van der Waals surface area contributed by atoms with Crippen LogP contribution in [0.2, 0.25) is 0 Å². The molecule has 0 saturated carbocycles. The number of piperidine rings is 1. The van der Waals surface area contributed by atoms with E-state index in [0.29, 0.717) is 16.8 Å². The van der Waals surface area contributed by atoms with Crippen molar-refractivity contribution in [3.05, 3.63) is 59.8 Å². The van der Waals surface area contributed by atoms with Crippen LogP contribution >= 0.6 is 11.8 Å². The van der Waals surface area contributed by atoms with E-state index in [4.69, 9.17) is 18.6 Å². The number of anilines is 2. The molecule has 1 fully saturated rings. The number of hydrogen-bond donors (Lipinski definition) is 1. The molecular weight excluding hydrogens is 429 g/mol. The number of pyridine rings is 2. The summed E-state index contributed by atoms with van der Waals surface area (Å²) in [6.07, 6.45) is 12.2. The Bertz CT molecular complexity index is 1330. The van der Waals surface area contributed by atoms with Gasteiger partial charge in [0.15, 0.2) is 5.65 Å². The molecular formula is C24H24BN7S. The molecule has 1 aliphatic heterocycles. The van der Waals surface area contributed by atoms with E-state index in [1.807, 2.05) is 37.8 Å². The Labute approximate surface area is 198 Å². The summed E-state index contributed by atoms with van der Waals surface area (Å²) >= 11 is 1.57. The summed E-state index contributed by atoms with van der Waals surface area (Å²) in [5, 5.41) is 0. The number of aromatic nitrogens is 5. The average molecular weight is 453 g/mol. The molecule has 1 spiro atoms. The van der Waals surface area contributed by atoms with Crippen molar-refractivity contribution >= 4 is 42.6 Å². The van der Waals surface area contributed by atoms with Crippen molar-refractivity contribution in [2.45, 2.75) is 42.4 Å². The smallest absolute Gasteiger partial charge is 0.211 e. The molecule has 5 heterocycles. The van der Waals surface area contributed by atoms with Gasteiger partial charge in [-0.3, -0.25) is 9.38 Å². The summed E-state index contributed by atoms with van der Waals surface area (Å²) in [6.45, 7) is 3.92. The summed E-state index contributed by atoms with van der Waals surface area (Å²) in [5.41, 5.74) is 11.3. The summed E-state index contributed by atoms with van der Waals surface area (Å²) in [5.74, 6) is 1.40. The topological polar surface area (TPSA) is 85.2 Å². The Kier molecular flexibility index (Phi) is 4.83. The van der Waals surface area contributed by atoms with Gasteiger partial charge in [0.05, 0.1) is 4.90 Å². The molecule has 1 saturated heterocycles. The van der Waals surface area contributed by atoms with E-state index in [0.717, 1.165) is 65.7 Å². The van der Waals surface area contributed by atoms with E-state index in [1.165, 1.54) is 11.3 Å². The predicted molar refractivity (Wildman–Crippen MR) is 131 cm³/mol. The Morgan fingerprint density at radius 1 is 1.09 bits per heavy atom. The lowest BCUT2D eigenvalue weighted by Gasteiger charge is -2.39. The van der Waals surface area contributed by atoms with Crippen molar-refractivity contribution in [1.82, 2.24) is 24.3 Å². The highest BCUT2D eigenvalue weighted by atomic mass is 32.2. The zero-order valence-corrected chi connectivity index (χ0v) is 19.3. The van der Waals surface area contributed by atoms with Crippen LogP contribution in [0.1, 0.15) is 29.7 Å². The quantitative estimate of drug-likeness (QED) is 0.478. The fourth-order valence-corrected chi connectivity index (χ4v) is 6.21. The monoisotopic (exact) mass is 453 g/mol. The number of nitrogen functional groups attached to an aromatic ring is 1. The third kappa shape index (κ3) is 3.55. The second-order valence-electron chi connectivity index (χ2n) is 9.15. The van der Waals surface area contributed by atoms with Gasteiger partial charge in [0.25, 0.3) is 0 Å². The van der Waals surface area contributed by atoms with E-state index in [9.17, 15) is 0 Å². The van der Waals surface area contributed by atoms with Crippen molar-refractivity contribution in [2.75, 3.05) is 23.7 Å². The van der Waals surface area contributed by atoms with E-state index < -0.39 is 0 Å². The summed E-state index contributed by atoms with van der Waals surface area (Å²) < 4.78 is 2.09. The predicted octanol–water partition coefficient (Wildman–Crippen LogP) is 2.74. The van der Waals surface area contributed by atoms with Gasteiger partial charge in [0.1, 0.15) is 13.7 Å². The van der Waals surface area contributed by atoms with Crippen LogP contribution < -0.4 is 16.2 Å². The van der Waals surface area contributed by atoms with Crippen molar-refractivity contribution in [1.29, 1.82) is 0 Å². The average Bonchev–Trinajstić information content (AvgIpc) is 3.43. The third-order valence-corrected chi connectivity index (χ3v) is 8.23. The van der Waals surface area contributed by atoms with Crippen LogP contribution in [0.15, 0.2) is 52.8 Å². The summed E-state index contributed by atoms with van der Waals surface area (Å²) in [6, 6.07) is 6.15. The zero-order chi connectivity index (χ0) is 22.6. The van der Waals surface area contributed by atoms with Crippen molar-refractivity contribution in [3.63, 3.8) is 0 Å². The lowest BCUT2D eigenvalue weighted by molar-refractivity contribution is 0.230. The molecule has 0 unspecified atom stereocenters. The first-order valence-corrected chi connectivity index (χ1v) is 12.0. The van der Waals surface area contributed by atoms with Crippen LogP contribution in [-0.2, 0) is 12.8 Å². The molecule has 2 radical (unpaired) electrons. The molecule has 164 valence electrons. The maximum atomic E-state index is 6.02. The molecule has 6 rings (SSSR count). The first-order valence-electron chi connectivity index (χ1n) is 11.2. The van der Waals surface area contributed by atoms with Crippen LogP contribution in [-0.4, -0.2) is 45.3 Å². The van der Waals surface area contributed by atoms with Gasteiger partial charge in [-0.05, 0) is 61.3 Å². The minimum absolute atomic E-state index is 0.343. The maximum absolute atomic E-state index is 6.02. The van der Waals surface area contributed by atoms with Gasteiger partial charge < -0.3 is 10.6 Å². The van der Waals surface area contributed by atoms with E-state index in [1.54, 1.807) is 11.8 Å². The number of fused-ring (bicyclic) bond motifs is 2. The van der Waals surface area contributed by atoms with E-state index in [2.05, 4.69) is 36.4 Å². The van der Waals surface area contributed by atoms with Crippen LogP contribution in [0.25, 0.3) is 5.65 Å². The Morgan fingerprint density at radius 3 is 2.76 bits per heavy atom. The first kappa shape index (κ1) is 20.5. The van der Waals surface area contributed by atoms with Gasteiger partial charge in [-0.15, -0.1) is 0 Å². The molecule has 0 atom stereocenters. The van der Waals surface area contributed by atoms with Crippen LogP contribution in [0, 0.1) is 12.3 Å². The third-order valence-electron chi connectivity index (χ3n) is 7.08. The maximum Gasteiger partial charge on any atom is 0.211 e. The minimum Gasteiger partial charge on any atom is -0.383 e. The normalized spacial score (nSPS) is 17.1. The number of rotatable bonds is 3.